The first-order chi connectivity index (χ1) is 18.4. The summed E-state index contributed by atoms with van der Waals surface area (Å²) in [5, 5.41) is 38.6. The summed E-state index contributed by atoms with van der Waals surface area (Å²) in [6.07, 6.45) is 0. The molecule has 6 rings (SSSR count). The molecule has 2 aliphatic heterocycles. The van der Waals surface area contributed by atoms with Gasteiger partial charge in [-0.1, -0.05) is 48.5 Å². The first-order valence-corrected chi connectivity index (χ1v) is 11.8. The topological polar surface area (TPSA) is 114 Å². The molecule has 6 nitrogen and oxygen atoms in total. The number of hydrogen-bond acceptors (Lipinski definition) is 6. The van der Waals surface area contributed by atoms with Crippen molar-refractivity contribution in [3.8, 4) is 23.6 Å². The maximum Gasteiger partial charge on any atom is 0.205 e. The van der Waals surface area contributed by atoms with E-state index >= 15 is 0 Å². The second kappa shape index (κ2) is 8.79. The average Bonchev–Trinajstić information content (AvgIpc) is 2.93. The Morgan fingerprint density at radius 1 is 0.605 bits per heavy atom. The minimum Gasteiger partial charge on any atom is -0.438 e. The number of fused-ring (bicyclic) bond motifs is 6. The van der Waals surface area contributed by atoms with Crippen LogP contribution in [0.25, 0.3) is 10.8 Å². The Kier molecular flexibility index (Phi) is 5.40. The van der Waals surface area contributed by atoms with E-state index in [1.54, 1.807) is 24.3 Å². The summed E-state index contributed by atoms with van der Waals surface area (Å²) in [5.74, 6) is -4.44. The summed E-state index contributed by atoms with van der Waals surface area (Å²) in [5.41, 5.74) is 2.39. The average molecular weight is 504 g/mol. The molecule has 4 aromatic rings. The van der Waals surface area contributed by atoms with Gasteiger partial charge in [0.15, 0.2) is 11.5 Å². The number of hydrogen-bond donors (Lipinski definition) is 2. The Morgan fingerprint density at radius 3 is 1.32 bits per heavy atom. The second-order valence-corrected chi connectivity index (χ2v) is 9.24. The van der Waals surface area contributed by atoms with Crippen molar-refractivity contribution in [2.24, 2.45) is 11.8 Å². The van der Waals surface area contributed by atoms with Crippen molar-refractivity contribution >= 4 is 22.6 Å². The van der Waals surface area contributed by atoms with Crippen molar-refractivity contribution < 1.29 is 18.3 Å². The van der Waals surface area contributed by atoms with Gasteiger partial charge in [0.1, 0.15) is 23.5 Å². The zero-order valence-electron chi connectivity index (χ0n) is 19.7. The van der Waals surface area contributed by atoms with Gasteiger partial charge in [-0.2, -0.15) is 10.5 Å². The molecular formula is C30H18F2N4O2. The van der Waals surface area contributed by atoms with Gasteiger partial charge in [-0.05, 0) is 46.2 Å². The van der Waals surface area contributed by atoms with Crippen molar-refractivity contribution in [3.05, 3.63) is 107 Å². The molecule has 2 aliphatic rings. The van der Waals surface area contributed by atoms with Crippen molar-refractivity contribution in [1.29, 1.82) is 21.3 Å². The zero-order valence-corrected chi connectivity index (χ0v) is 19.7. The fourth-order valence-corrected chi connectivity index (χ4v) is 5.57. The fraction of sp³-hybridized carbons (Fsp3) is 0.133. The van der Waals surface area contributed by atoms with Crippen LogP contribution in [0.3, 0.4) is 0 Å². The van der Waals surface area contributed by atoms with E-state index in [0.717, 1.165) is 0 Å². The van der Waals surface area contributed by atoms with Crippen LogP contribution in [0.15, 0.2) is 72.8 Å². The lowest BCUT2D eigenvalue weighted by Gasteiger charge is -2.37. The zero-order chi connectivity index (χ0) is 26.6. The van der Waals surface area contributed by atoms with Crippen molar-refractivity contribution in [3.63, 3.8) is 0 Å². The Morgan fingerprint density at radius 2 is 0.974 bits per heavy atom. The highest BCUT2D eigenvalue weighted by molar-refractivity contribution is 6.02. The lowest BCUT2D eigenvalue weighted by atomic mass is 9.72. The van der Waals surface area contributed by atoms with E-state index in [1.165, 1.54) is 24.3 Å². The smallest absolute Gasteiger partial charge is 0.205 e. The summed E-state index contributed by atoms with van der Waals surface area (Å²) in [6, 6.07) is 23.2. The second-order valence-electron chi connectivity index (χ2n) is 9.24. The van der Waals surface area contributed by atoms with Crippen LogP contribution in [0.1, 0.15) is 34.1 Å². The van der Waals surface area contributed by atoms with E-state index in [0.29, 0.717) is 33.0 Å². The third-order valence-electron chi connectivity index (χ3n) is 7.22. The van der Waals surface area contributed by atoms with Crippen LogP contribution in [-0.2, 0) is 0 Å². The van der Waals surface area contributed by atoms with Crippen LogP contribution >= 0.6 is 0 Å². The highest BCUT2D eigenvalue weighted by atomic mass is 19.1. The molecule has 4 unspecified atom stereocenters. The maximum absolute atomic E-state index is 13.8. The van der Waals surface area contributed by atoms with Gasteiger partial charge >= 0.3 is 0 Å². The first-order valence-electron chi connectivity index (χ1n) is 11.8. The minimum atomic E-state index is -0.989. The summed E-state index contributed by atoms with van der Waals surface area (Å²) in [6.45, 7) is 0. The van der Waals surface area contributed by atoms with Crippen LogP contribution in [0.2, 0.25) is 0 Å². The Balaban J connectivity index is 1.72. The summed E-state index contributed by atoms with van der Waals surface area (Å²) in [4.78, 5) is 0. The lowest BCUT2D eigenvalue weighted by molar-refractivity contribution is 0.395. The molecule has 4 aromatic carbocycles. The molecular weight excluding hydrogens is 486 g/mol. The van der Waals surface area contributed by atoms with E-state index in [4.69, 9.17) is 20.3 Å². The number of nitrogens with one attached hydrogen (secondary N) is 2. The Bertz CT molecular complexity index is 1590. The number of halogens is 2. The molecule has 8 heteroatoms. The molecule has 38 heavy (non-hydrogen) atoms. The predicted molar refractivity (Wildman–Crippen MR) is 135 cm³/mol. The van der Waals surface area contributed by atoms with Gasteiger partial charge in [0.2, 0.25) is 11.8 Å². The lowest BCUT2D eigenvalue weighted by Crippen LogP contribution is -2.35. The van der Waals surface area contributed by atoms with Crippen LogP contribution in [0, 0.1) is 57.0 Å². The van der Waals surface area contributed by atoms with Gasteiger partial charge in [0.25, 0.3) is 0 Å². The molecule has 2 heterocycles. The molecule has 0 aromatic heterocycles. The molecule has 0 saturated carbocycles. The third kappa shape index (κ3) is 3.42. The molecule has 0 spiro atoms. The minimum absolute atomic E-state index is 0.178. The molecule has 0 saturated heterocycles. The monoisotopic (exact) mass is 504 g/mol. The number of nitriles is 2. The van der Waals surface area contributed by atoms with E-state index in [9.17, 15) is 19.3 Å². The molecule has 184 valence electrons. The third-order valence-corrected chi connectivity index (χ3v) is 7.22. The molecule has 0 aliphatic carbocycles. The normalized spacial score (nSPS) is 21.9. The van der Waals surface area contributed by atoms with Crippen molar-refractivity contribution in [1.82, 2.24) is 0 Å². The van der Waals surface area contributed by atoms with Gasteiger partial charge < -0.3 is 9.47 Å². The molecule has 0 fully saturated rings. The van der Waals surface area contributed by atoms with Crippen LogP contribution in [0.5, 0.6) is 11.5 Å². The van der Waals surface area contributed by atoms with E-state index in [-0.39, 0.29) is 23.3 Å². The maximum atomic E-state index is 13.8. The fourth-order valence-electron chi connectivity index (χ4n) is 5.57. The summed E-state index contributed by atoms with van der Waals surface area (Å²) in [7, 11) is 0. The molecule has 4 atom stereocenters. The van der Waals surface area contributed by atoms with E-state index in [1.807, 2.05) is 24.3 Å². The Hall–Kier alpha value is -5.08. The summed E-state index contributed by atoms with van der Waals surface area (Å²) >= 11 is 0. The number of ether oxygens (including phenoxy) is 2. The van der Waals surface area contributed by atoms with Gasteiger partial charge in [-0.25, -0.2) is 8.78 Å². The SMILES string of the molecule is N#CC1C(=N)Oc2c3c(c4ccccc4c2C1c1ccc(F)cc1)C(c1ccc(F)cc1)C(C#N)C(=N)O3. The van der Waals surface area contributed by atoms with Crippen molar-refractivity contribution in [2.45, 2.75) is 11.8 Å². The van der Waals surface area contributed by atoms with E-state index in [2.05, 4.69) is 12.1 Å². The van der Waals surface area contributed by atoms with Gasteiger partial charge in [-0.3, -0.25) is 10.8 Å². The predicted octanol–water partition coefficient (Wildman–Crippen LogP) is 6.40. The van der Waals surface area contributed by atoms with Crippen LogP contribution < -0.4 is 9.47 Å². The molecule has 0 amide bonds. The number of benzene rings is 4. The highest BCUT2D eigenvalue weighted by Crippen LogP contribution is 2.56. The number of nitrogens with zero attached hydrogens (tertiary/aromatic N) is 2. The standard InChI is InChI=1S/C30H18F2N4O2/c31-17-9-5-15(6-10-17)23-21(13-33)29(35)37-27-25(23)19-3-1-2-4-20(19)26-24(16-7-11-18(32)12-8-16)22(14-34)30(36)38-28(26)27/h1-12,21-24,35-36H. The van der Waals surface area contributed by atoms with Gasteiger partial charge in [-0.15, -0.1) is 0 Å². The van der Waals surface area contributed by atoms with Crippen LogP contribution in [-0.4, -0.2) is 11.8 Å². The molecule has 0 radical (unpaired) electrons. The quantitative estimate of drug-likeness (QED) is 0.329. The highest BCUT2D eigenvalue weighted by Gasteiger charge is 2.46. The van der Waals surface area contributed by atoms with Crippen molar-refractivity contribution in [2.75, 3.05) is 0 Å². The first kappa shape index (κ1) is 23.3. The number of rotatable bonds is 2. The molecule has 2 N–H and O–H groups in total. The van der Waals surface area contributed by atoms with Gasteiger partial charge in [0.05, 0.1) is 12.1 Å². The largest absolute Gasteiger partial charge is 0.438 e. The van der Waals surface area contributed by atoms with Crippen LogP contribution in [0.4, 0.5) is 8.78 Å². The molecule has 0 bridgehead atoms. The van der Waals surface area contributed by atoms with E-state index < -0.39 is 35.3 Å². The summed E-state index contributed by atoms with van der Waals surface area (Å²) < 4.78 is 39.5. The van der Waals surface area contributed by atoms with Gasteiger partial charge in [0, 0.05) is 23.0 Å². The Labute approximate surface area is 216 Å².